The van der Waals surface area contributed by atoms with E-state index in [1.807, 2.05) is 0 Å². The third kappa shape index (κ3) is 13.5. The van der Waals surface area contributed by atoms with Crippen LogP contribution in [0.5, 0.6) is 0 Å². The Bertz CT molecular complexity index is 2900. The molecule has 0 radical (unpaired) electrons. The number of fused-ring (bicyclic) bond motifs is 1. The Balaban J connectivity index is 0.000000329. The number of hydrogen-bond donors (Lipinski definition) is 0. The van der Waals surface area contributed by atoms with E-state index in [-0.39, 0.29) is 0 Å². The molecular formula is C54H36BF24N. The lowest BCUT2D eigenvalue weighted by Crippen LogP contribution is -2.75. The largest absolute Gasteiger partial charge is 0.416 e. The molecule has 428 valence electrons. The molecule has 0 saturated heterocycles. The number of aromatic nitrogens is 1. The fourth-order valence-corrected chi connectivity index (χ4v) is 10.1. The van der Waals surface area contributed by atoms with Crippen LogP contribution in [0.15, 0.2) is 140 Å². The van der Waals surface area contributed by atoms with Crippen molar-refractivity contribution in [2.24, 2.45) is 0 Å². The zero-order valence-electron chi connectivity index (χ0n) is 40.2. The van der Waals surface area contributed by atoms with Crippen molar-refractivity contribution in [3.8, 4) is 0 Å². The molecular weight excluding hydrogens is 1130 g/mol. The first kappa shape index (κ1) is 60.7. The maximum Gasteiger partial charge on any atom is 0.416 e. The fourth-order valence-electron chi connectivity index (χ4n) is 10.1. The minimum absolute atomic E-state index is 0.691. The molecule has 1 saturated carbocycles. The Morgan fingerprint density at radius 1 is 0.338 bits per heavy atom. The van der Waals surface area contributed by atoms with Crippen LogP contribution in [0, 0.1) is 0 Å². The van der Waals surface area contributed by atoms with Gasteiger partial charge in [-0.25, -0.2) is 0 Å². The first-order valence-electron chi connectivity index (χ1n) is 23.5. The molecule has 1 fully saturated rings. The average Bonchev–Trinajstić information content (AvgIpc) is 3.35. The summed E-state index contributed by atoms with van der Waals surface area (Å²) in [7, 11) is 0. The maximum absolute atomic E-state index is 14.2. The Morgan fingerprint density at radius 3 is 0.925 bits per heavy atom. The number of pyridine rings is 1. The van der Waals surface area contributed by atoms with Crippen LogP contribution in [0.1, 0.15) is 93.8 Å². The minimum Gasteiger partial charge on any atom is -0.197 e. The standard InChI is InChI=1S/C32H12BF24.C22H24N/c34-25(35,36)13-1-14(26(37,38)39)6-21(5-13)33(22-7-15(27(40,41)42)2-16(8-22)28(43,44)45,23-9-17(29(46,47)48)3-18(10-23)30(49,50)51)24-11-19(31(52,53)54)4-20(12-24)32(55,56)57;1-3-9-18(10-4-1)17-23-16-15-19-11-7-8-14-21(19)22(23)20-12-5-2-6-13-20/h1-12H;1,3-4,7-11,14-16,20H,2,5-6,12-13,17H2/q-1;+1. The van der Waals surface area contributed by atoms with Gasteiger partial charge in [-0.1, -0.05) is 116 Å². The average molecular weight is 1170 g/mol. The number of nitrogens with zero attached hydrogens (tertiary/aromatic N) is 1. The highest BCUT2D eigenvalue weighted by molar-refractivity contribution is 7.20. The van der Waals surface area contributed by atoms with Crippen molar-refractivity contribution < 1.29 is 110 Å². The van der Waals surface area contributed by atoms with E-state index in [1.165, 1.54) is 48.4 Å². The summed E-state index contributed by atoms with van der Waals surface area (Å²) in [6.07, 6.45) is -45.7. The van der Waals surface area contributed by atoms with E-state index in [1.54, 1.807) is 5.69 Å². The van der Waals surface area contributed by atoms with Crippen molar-refractivity contribution in [2.75, 3.05) is 0 Å². The molecule has 1 aliphatic rings. The second-order valence-electron chi connectivity index (χ2n) is 19.0. The summed E-state index contributed by atoms with van der Waals surface area (Å²) in [5.41, 5.74) is -27.3. The lowest BCUT2D eigenvalue weighted by molar-refractivity contribution is -0.695. The number of hydrogen-bond acceptors (Lipinski definition) is 0. The van der Waals surface area contributed by atoms with Gasteiger partial charge in [-0.3, -0.25) is 0 Å². The first-order valence-corrected chi connectivity index (χ1v) is 23.5. The van der Waals surface area contributed by atoms with E-state index >= 15 is 0 Å². The summed E-state index contributed by atoms with van der Waals surface area (Å²) >= 11 is 0. The van der Waals surface area contributed by atoms with E-state index in [0.29, 0.717) is 5.92 Å². The smallest absolute Gasteiger partial charge is 0.197 e. The molecule has 6 aromatic carbocycles. The van der Waals surface area contributed by atoms with Gasteiger partial charge in [0.25, 0.3) is 0 Å². The van der Waals surface area contributed by atoms with Crippen LogP contribution in [0.2, 0.25) is 0 Å². The van der Waals surface area contributed by atoms with Crippen LogP contribution in [-0.4, -0.2) is 6.15 Å². The van der Waals surface area contributed by atoms with Gasteiger partial charge in [0.05, 0.1) is 44.5 Å². The predicted molar refractivity (Wildman–Crippen MR) is 246 cm³/mol. The topological polar surface area (TPSA) is 3.88 Å². The summed E-state index contributed by atoms with van der Waals surface area (Å²) in [5.74, 6) is 0.707. The van der Waals surface area contributed by atoms with E-state index in [0.717, 1.165) is 6.54 Å². The fraction of sp³-hybridized carbons (Fsp3) is 0.278. The third-order valence-corrected chi connectivity index (χ3v) is 13.6. The van der Waals surface area contributed by atoms with Crippen molar-refractivity contribution in [2.45, 2.75) is 94.0 Å². The van der Waals surface area contributed by atoms with Gasteiger partial charge in [0.15, 0.2) is 18.4 Å². The maximum atomic E-state index is 14.2. The molecule has 0 N–H and O–H groups in total. The summed E-state index contributed by atoms with van der Waals surface area (Å²) in [4.78, 5) is 0. The molecule has 0 bridgehead atoms. The number of benzene rings is 6. The third-order valence-electron chi connectivity index (χ3n) is 13.6. The van der Waals surface area contributed by atoms with Gasteiger partial charge in [-0.2, -0.15) is 132 Å². The molecule has 1 nitrogen and oxygen atoms in total. The van der Waals surface area contributed by atoms with E-state index in [2.05, 4.69) is 71.4 Å². The predicted octanol–water partition coefficient (Wildman–Crippen LogP) is 16.4. The van der Waals surface area contributed by atoms with Gasteiger partial charge in [-0.15, -0.1) is 0 Å². The molecule has 8 rings (SSSR count). The molecule has 0 spiro atoms. The highest BCUT2D eigenvalue weighted by Crippen LogP contribution is 2.42. The monoisotopic (exact) mass is 1170 g/mol. The lowest BCUT2D eigenvalue weighted by Gasteiger charge is -2.46. The van der Waals surface area contributed by atoms with E-state index < -0.39 is 195 Å². The van der Waals surface area contributed by atoms with Gasteiger partial charge in [0.1, 0.15) is 6.15 Å². The van der Waals surface area contributed by atoms with Crippen LogP contribution >= 0.6 is 0 Å². The van der Waals surface area contributed by atoms with Crippen LogP contribution in [0.25, 0.3) is 10.8 Å². The van der Waals surface area contributed by atoms with Crippen molar-refractivity contribution in [1.82, 2.24) is 0 Å². The second kappa shape index (κ2) is 21.5. The summed E-state index contributed by atoms with van der Waals surface area (Å²) < 4.78 is 343. The Kier molecular flexibility index (Phi) is 16.4. The minimum atomic E-state index is -6.13. The van der Waals surface area contributed by atoms with Gasteiger partial charge in [-0.05, 0) is 48.6 Å². The molecule has 1 heterocycles. The molecule has 0 aliphatic heterocycles. The molecule has 7 aromatic rings. The number of alkyl halides is 24. The van der Waals surface area contributed by atoms with Crippen molar-refractivity contribution in [3.63, 3.8) is 0 Å². The number of rotatable bonds is 7. The van der Waals surface area contributed by atoms with Crippen LogP contribution in [-0.2, 0) is 56.0 Å². The van der Waals surface area contributed by atoms with Gasteiger partial charge in [0, 0.05) is 22.9 Å². The van der Waals surface area contributed by atoms with Crippen LogP contribution in [0.4, 0.5) is 105 Å². The highest BCUT2D eigenvalue weighted by atomic mass is 19.4. The summed E-state index contributed by atoms with van der Waals surface area (Å²) in [5, 5.41) is 2.82. The van der Waals surface area contributed by atoms with Gasteiger partial charge < -0.3 is 0 Å². The second-order valence-corrected chi connectivity index (χ2v) is 19.0. The van der Waals surface area contributed by atoms with Gasteiger partial charge >= 0.3 is 49.4 Å². The zero-order valence-corrected chi connectivity index (χ0v) is 40.2. The van der Waals surface area contributed by atoms with Crippen LogP contribution in [0.3, 0.4) is 0 Å². The van der Waals surface area contributed by atoms with E-state index in [9.17, 15) is 105 Å². The molecule has 80 heavy (non-hydrogen) atoms. The molecule has 0 amide bonds. The lowest BCUT2D eigenvalue weighted by atomic mass is 9.12. The molecule has 26 heteroatoms. The number of halogens is 24. The molecule has 0 atom stereocenters. The van der Waals surface area contributed by atoms with Crippen molar-refractivity contribution >= 4 is 38.8 Å². The Labute approximate surface area is 437 Å². The molecule has 1 aromatic heterocycles. The van der Waals surface area contributed by atoms with Crippen molar-refractivity contribution in [3.05, 3.63) is 195 Å². The molecule has 0 unspecified atom stereocenters. The quantitative estimate of drug-likeness (QED) is 0.0851. The summed E-state index contributed by atoms with van der Waals surface area (Å²) in [6.45, 7) is 0.970. The van der Waals surface area contributed by atoms with Crippen LogP contribution < -0.4 is 26.4 Å². The summed E-state index contributed by atoms with van der Waals surface area (Å²) in [6, 6.07) is 13.2. The van der Waals surface area contributed by atoms with Crippen molar-refractivity contribution in [1.29, 1.82) is 0 Å². The Morgan fingerprint density at radius 2 is 0.625 bits per heavy atom. The van der Waals surface area contributed by atoms with E-state index in [4.69, 9.17) is 0 Å². The molecule has 1 aliphatic carbocycles. The zero-order chi connectivity index (χ0) is 59.4. The normalized spacial score (nSPS) is 14.8. The first-order chi connectivity index (χ1) is 36.7. The SMILES string of the molecule is FC(F)(F)c1cc([B-](c2cc(C(F)(F)F)cc(C(F)(F)F)c2)(c2cc(C(F)(F)F)cc(C(F)(F)F)c2)c2cc(C(F)(F)F)cc(C(F)(F)F)c2)cc(C(F)(F)F)c1.c1ccc(C[n+]2ccc3ccccc3c2C2CCCCC2)cc1. The Hall–Kier alpha value is -6.89. The van der Waals surface area contributed by atoms with Gasteiger partial charge in [0.2, 0.25) is 0 Å². The highest BCUT2D eigenvalue weighted by Gasteiger charge is 2.47.